The van der Waals surface area contributed by atoms with Crippen LogP contribution >= 0.6 is 0 Å². The van der Waals surface area contributed by atoms with Crippen molar-refractivity contribution in [2.45, 2.75) is 20.4 Å². The maximum absolute atomic E-state index is 11.4. The minimum absolute atomic E-state index is 0.0649. The van der Waals surface area contributed by atoms with Crippen LogP contribution in [0.4, 0.5) is 0 Å². The second-order valence-corrected chi connectivity index (χ2v) is 6.40. The molecule has 0 spiro atoms. The first-order chi connectivity index (χ1) is 12.8. The van der Waals surface area contributed by atoms with Crippen molar-refractivity contribution in [2.75, 3.05) is 0 Å². The van der Waals surface area contributed by atoms with E-state index in [-0.39, 0.29) is 11.3 Å². The molecule has 3 N–H and O–H groups in total. The first kappa shape index (κ1) is 18.3. The number of ketones is 1. The van der Waals surface area contributed by atoms with Gasteiger partial charge in [-0.2, -0.15) is 0 Å². The number of nitrogens with zero attached hydrogens (tertiary/aromatic N) is 1. The number of benzene rings is 2. The smallest absolute Gasteiger partial charge is 0.376 e. The maximum atomic E-state index is 11.4. The number of aryl methyl sites for hydroxylation is 1. The number of rotatable bonds is 5. The summed E-state index contributed by atoms with van der Waals surface area (Å²) in [6.45, 7) is 4.54. The molecule has 0 unspecified atom stereocenters. The van der Waals surface area contributed by atoms with Gasteiger partial charge in [0.2, 0.25) is 0 Å². The van der Waals surface area contributed by atoms with Crippen molar-refractivity contribution in [1.82, 2.24) is 4.57 Å². The number of carbonyl (C=O) groups is 2. The lowest BCUT2D eigenvalue weighted by molar-refractivity contribution is -0.146. The summed E-state index contributed by atoms with van der Waals surface area (Å²) in [6.07, 6.45) is 2.25. The number of hydrogen-bond acceptors (Lipinski definition) is 4. The van der Waals surface area contributed by atoms with Gasteiger partial charge in [-0.3, -0.25) is 4.79 Å². The van der Waals surface area contributed by atoms with E-state index >= 15 is 0 Å². The monoisotopic (exact) mass is 365 g/mol. The van der Waals surface area contributed by atoms with E-state index in [1.165, 1.54) is 6.07 Å². The lowest BCUT2D eigenvalue weighted by atomic mass is 10.0. The number of phenolic OH excluding ortho intramolecular Hbond substituents is 1. The number of aliphatic hydroxyl groups is 1. The Morgan fingerprint density at radius 1 is 1.07 bits per heavy atom. The van der Waals surface area contributed by atoms with Crippen molar-refractivity contribution in [1.29, 1.82) is 0 Å². The van der Waals surface area contributed by atoms with E-state index in [1.807, 2.05) is 36.6 Å². The highest BCUT2D eigenvalue weighted by molar-refractivity contribution is 6.38. The fourth-order valence-electron chi connectivity index (χ4n) is 3.09. The Morgan fingerprint density at radius 2 is 1.78 bits per heavy atom. The Labute approximate surface area is 155 Å². The summed E-state index contributed by atoms with van der Waals surface area (Å²) < 4.78 is 1.85. The van der Waals surface area contributed by atoms with Crippen LogP contribution in [0.2, 0.25) is 0 Å². The van der Waals surface area contributed by atoms with Crippen LogP contribution in [0.3, 0.4) is 0 Å². The topological polar surface area (TPSA) is 99.8 Å². The number of hydrogen-bond donors (Lipinski definition) is 3. The van der Waals surface area contributed by atoms with E-state index in [1.54, 1.807) is 18.3 Å². The summed E-state index contributed by atoms with van der Waals surface area (Å²) in [5.74, 6) is -3.47. The number of phenols is 1. The van der Waals surface area contributed by atoms with E-state index in [0.717, 1.165) is 16.7 Å². The van der Waals surface area contributed by atoms with Crippen LogP contribution < -0.4 is 0 Å². The number of fused-ring (bicyclic) bond motifs is 1. The molecule has 0 aliphatic rings. The van der Waals surface area contributed by atoms with Crippen LogP contribution in [-0.2, 0) is 16.1 Å². The molecule has 0 saturated heterocycles. The third kappa shape index (κ3) is 3.42. The average Bonchev–Trinajstić information content (AvgIpc) is 2.99. The minimum atomic E-state index is -1.66. The number of aliphatic carboxylic acids is 1. The molecular formula is C21H19NO5. The van der Waals surface area contributed by atoms with Crippen LogP contribution in [0.25, 0.3) is 16.7 Å². The highest BCUT2D eigenvalue weighted by Gasteiger charge is 2.18. The normalized spacial score (nSPS) is 11.7. The van der Waals surface area contributed by atoms with Crippen molar-refractivity contribution in [3.05, 3.63) is 70.9 Å². The van der Waals surface area contributed by atoms with Gasteiger partial charge in [-0.25, -0.2) is 4.79 Å². The average molecular weight is 365 g/mol. The highest BCUT2D eigenvalue weighted by atomic mass is 16.4. The summed E-state index contributed by atoms with van der Waals surface area (Å²) in [7, 11) is 0. The Hall–Kier alpha value is -3.54. The van der Waals surface area contributed by atoms with Crippen LogP contribution in [0, 0.1) is 13.8 Å². The zero-order valence-corrected chi connectivity index (χ0v) is 14.9. The van der Waals surface area contributed by atoms with E-state index in [4.69, 9.17) is 5.11 Å². The molecule has 0 radical (unpaired) electrons. The molecule has 6 nitrogen and oxygen atoms in total. The zero-order chi connectivity index (χ0) is 19.7. The first-order valence-corrected chi connectivity index (χ1v) is 8.33. The van der Waals surface area contributed by atoms with Crippen molar-refractivity contribution in [2.24, 2.45) is 0 Å². The Morgan fingerprint density at radius 3 is 2.48 bits per heavy atom. The van der Waals surface area contributed by atoms with Crippen molar-refractivity contribution in [3.63, 3.8) is 0 Å². The summed E-state index contributed by atoms with van der Waals surface area (Å²) >= 11 is 0. The van der Waals surface area contributed by atoms with Crippen LogP contribution in [-0.4, -0.2) is 31.6 Å². The van der Waals surface area contributed by atoms with Gasteiger partial charge in [0.15, 0.2) is 0 Å². The fraction of sp³-hybridized carbons (Fsp3) is 0.143. The second kappa shape index (κ2) is 6.99. The molecule has 2 aromatic carbocycles. The third-order valence-electron chi connectivity index (χ3n) is 4.70. The molecule has 0 aliphatic heterocycles. The lowest BCUT2D eigenvalue weighted by Crippen LogP contribution is -2.09. The molecule has 3 aromatic rings. The molecule has 3 rings (SSSR count). The molecule has 138 valence electrons. The number of carbonyl (C=O) groups excluding carboxylic acids is 1. The standard InChI is InChI=1S/C21H19NO5/c1-12-5-3-6-14(13(12)2)10-22-11-15(18(24)9-19(25)21(26)27)20-16(22)7-4-8-17(20)23/h3-9,11,23-24H,10H2,1-2H3,(H,26,27)/b18-9-. The van der Waals surface area contributed by atoms with Crippen molar-refractivity contribution < 1.29 is 24.9 Å². The molecular weight excluding hydrogens is 346 g/mol. The van der Waals surface area contributed by atoms with Gasteiger partial charge in [-0.1, -0.05) is 24.3 Å². The van der Waals surface area contributed by atoms with E-state index in [0.29, 0.717) is 23.5 Å². The van der Waals surface area contributed by atoms with Crippen LogP contribution in [0.15, 0.2) is 48.7 Å². The zero-order valence-electron chi connectivity index (χ0n) is 14.9. The van der Waals surface area contributed by atoms with Gasteiger partial charge in [0, 0.05) is 24.4 Å². The first-order valence-electron chi connectivity index (χ1n) is 8.33. The number of aromatic hydroxyl groups is 1. The van der Waals surface area contributed by atoms with Crippen LogP contribution in [0.5, 0.6) is 5.75 Å². The van der Waals surface area contributed by atoms with Gasteiger partial charge in [-0.05, 0) is 42.7 Å². The molecule has 27 heavy (non-hydrogen) atoms. The molecule has 1 aromatic heterocycles. The molecule has 0 aliphatic carbocycles. The quantitative estimate of drug-likeness (QED) is 0.365. The molecule has 0 bridgehead atoms. The molecule has 6 heteroatoms. The molecule has 0 saturated carbocycles. The molecule has 1 heterocycles. The van der Waals surface area contributed by atoms with Gasteiger partial charge in [0.05, 0.1) is 10.9 Å². The Kier molecular flexibility index (Phi) is 4.73. The predicted octanol–water partition coefficient (Wildman–Crippen LogP) is 3.56. The number of carboxylic acids is 1. The number of aromatic nitrogens is 1. The molecule has 0 fully saturated rings. The molecule has 0 amide bonds. The Balaban J connectivity index is 2.16. The van der Waals surface area contributed by atoms with Gasteiger partial charge in [-0.15, -0.1) is 0 Å². The fourth-order valence-corrected chi connectivity index (χ4v) is 3.09. The largest absolute Gasteiger partial charge is 0.507 e. The van der Waals surface area contributed by atoms with Gasteiger partial charge in [0.25, 0.3) is 5.78 Å². The third-order valence-corrected chi connectivity index (χ3v) is 4.70. The summed E-state index contributed by atoms with van der Waals surface area (Å²) in [5, 5.41) is 29.7. The lowest BCUT2D eigenvalue weighted by Gasteiger charge is -2.10. The summed E-state index contributed by atoms with van der Waals surface area (Å²) in [4.78, 5) is 22.2. The van der Waals surface area contributed by atoms with Crippen molar-refractivity contribution in [3.8, 4) is 5.75 Å². The van der Waals surface area contributed by atoms with E-state index in [2.05, 4.69) is 0 Å². The minimum Gasteiger partial charge on any atom is -0.507 e. The SMILES string of the molecule is Cc1cccc(Cn2cc(/C(O)=C/C(=O)C(=O)O)c3c(O)cccc32)c1C. The predicted molar refractivity (Wildman–Crippen MR) is 102 cm³/mol. The van der Waals surface area contributed by atoms with Crippen LogP contribution in [0.1, 0.15) is 22.3 Å². The van der Waals surface area contributed by atoms with Gasteiger partial charge in [0.1, 0.15) is 11.5 Å². The number of aliphatic hydroxyl groups excluding tert-OH is 1. The highest BCUT2D eigenvalue weighted by Crippen LogP contribution is 2.33. The Bertz CT molecular complexity index is 1090. The van der Waals surface area contributed by atoms with Crippen molar-refractivity contribution >= 4 is 28.4 Å². The summed E-state index contributed by atoms with van der Waals surface area (Å²) in [6, 6.07) is 10.9. The molecule has 0 atom stereocenters. The van der Waals surface area contributed by atoms with Gasteiger partial charge < -0.3 is 19.9 Å². The second-order valence-electron chi connectivity index (χ2n) is 6.40. The maximum Gasteiger partial charge on any atom is 0.376 e. The van der Waals surface area contributed by atoms with E-state index < -0.39 is 17.5 Å². The number of carboxylic acid groups (broad SMARTS) is 1. The van der Waals surface area contributed by atoms with Gasteiger partial charge >= 0.3 is 5.97 Å². The summed E-state index contributed by atoms with van der Waals surface area (Å²) in [5.41, 5.74) is 4.23. The van der Waals surface area contributed by atoms with E-state index in [9.17, 15) is 19.8 Å².